The van der Waals surface area contributed by atoms with Crippen molar-refractivity contribution in [1.82, 2.24) is 4.98 Å². The topological polar surface area (TPSA) is 59.5 Å². The van der Waals surface area contributed by atoms with E-state index in [2.05, 4.69) is 4.98 Å². The van der Waals surface area contributed by atoms with Crippen molar-refractivity contribution in [2.24, 2.45) is 5.92 Å². The average molecular weight is 412 g/mol. The summed E-state index contributed by atoms with van der Waals surface area (Å²) in [4.78, 5) is 34.0. The van der Waals surface area contributed by atoms with E-state index in [4.69, 9.17) is 4.74 Å². The Morgan fingerprint density at radius 2 is 2.00 bits per heavy atom. The Hall–Kier alpha value is -2.54. The van der Waals surface area contributed by atoms with Crippen LogP contribution in [0.3, 0.4) is 0 Å². The Morgan fingerprint density at radius 1 is 1.21 bits per heavy atom. The summed E-state index contributed by atoms with van der Waals surface area (Å²) in [5, 5.41) is 0.507. The first-order valence-electron chi connectivity index (χ1n) is 9.94. The van der Waals surface area contributed by atoms with Crippen molar-refractivity contribution >= 4 is 28.2 Å². The Labute approximate surface area is 172 Å². The number of aromatic nitrogens is 1. The van der Waals surface area contributed by atoms with E-state index in [9.17, 15) is 14.0 Å². The normalized spacial score (nSPS) is 26.4. The first kappa shape index (κ1) is 18.5. The van der Waals surface area contributed by atoms with Crippen molar-refractivity contribution in [2.45, 2.75) is 51.7 Å². The van der Waals surface area contributed by atoms with Crippen LogP contribution in [0.4, 0.5) is 9.52 Å². The average Bonchev–Trinajstić information content (AvgIpc) is 3.19. The second-order valence-electron chi connectivity index (χ2n) is 7.93. The molecule has 1 aliphatic carbocycles. The third kappa shape index (κ3) is 2.82. The summed E-state index contributed by atoms with van der Waals surface area (Å²) < 4.78 is 20.2. The summed E-state index contributed by atoms with van der Waals surface area (Å²) in [5.41, 5.74) is 1.75. The van der Waals surface area contributed by atoms with Crippen LogP contribution in [0.25, 0.3) is 0 Å². The molecular formula is C22H21FN2O3S. The number of ether oxygens (including phenoxy) is 1. The molecule has 0 N–H and O–H groups in total. The van der Waals surface area contributed by atoms with Crippen molar-refractivity contribution in [3.05, 3.63) is 57.5 Å². The van der Waals surface area contributed by atoms with Gasteiger partial charge in [-0.2, -0.15) is 0 Å². The lowest BCUT2D eigenvalue weighted by atomic mass is 9.77. The van der Waals surface area contributed by atoms with Gasteiger partial charge < -0.3 is 4.74 Å². The summed E-state index contributed by atoms with van der Waals surface area (Å²) in [6.07, 6.45) is 3.27. The van der Waals surface area contributed by atoms with E-state index in [0.29, 0.717) is 16.3 Å². The van der Waals surface area contributed by atoms with E-state index in [1.165, 1.54) is 28.4 Å². The summed E-state index contributed by atoms with van der Waals surface area (Å²) in [7, 11) is 0. The van der Waals surface area contributed by atoms with Crippen LogP contribution < -0.4 is 4.90 Å². The number of rotatable bonds is 2. The number of Topliss-reactive ketones (excluding diaryl/α,β-unsaturated/α-hetero) is 1. The molecule has 0 saturated heterocycles. The number of fused-ring (bicyclic) bond motifs is 1. The minimum Gasteiger partial charge on any atom is -0.483 e. The summed E-state index contributed by atoms with van der Waals surface area (Å²) in [6, 6.07) is 5.37. The SMILES string of the molecule is Cc1nc(N2C(=O)C3=C(C(=O)C4CCCCC4O3)C2c2cccc(F)c2)sc1C. The van der Waals surface area contributed by atoms with E-state index in [1.807, 2.05) is 13.8 Å². The van der Waals surface area contributed by atoms with Crippen LogP contribution in [0, 0.1) is 25.6 Å². The quantitative estimate of drug-likeness (QED) is 0.734. The van der Waals surface area contributed by atoms with Gasteiger partial charge >= 0.3 is 0 Å². The number of nitrogens with zero attached hydrogens (tertiary/aromatic N) is 2. The van der Waals surface area contributed by atoms with E-state index >= 15 is 0 Å². The molecule has 1 aromatic carbocycles. The number of carbonyl (C=O) groups excluding carboxylic acids is 2. The van der Waals surface area contributed by atoms with Crippen LogP contribution in [-0.4, -0.2) is 22.8 Å². The summed E-state index contributed by atoms with van der Waals surface area (Å²) >= 11 is 1.40. The number of ketones is 1. The lowest BCUT2D eigenvalue weighted by Crippen LogP contribution is -2.39. The van der Waals surface area contributed by atoms with Crippen molar-refractivity contribution in [2.75, 3.05) is 4.90 Å². The number of amides is 1. The first-order valence-corrected chi connectivity index (χ1v) is 10.8. The van der Waals surface area contributed by atoms with Gasteiger partial charge in [-0.25, -0.2) is 9.37 Å². The second-order valence-corrected chi connectivity index (χ2v) is 9.11. The van der Waals surface area contributed by atoms with Gasteiger partial charge in [0.15, 0.2) is 16.7 Å². The molecule has 29 heavy (non-hydrogen) atoms. The minimum absolute atomic E-state index is 0.0361. The molecule has 0 radical (unpaired) electrons. The Balaban J connectivity index is 1.67. The van der Waals surface area contributed by atoms with Gasteiger partial charge in [0.25, 0.3) is 5.91 Å². The Morgan fingerprint density at radius 3 is 2.72 bits per heavy atom. The molecule has 3 heterocycles. The van der Waals surface area contributed by atoms with Crippen LogP contribution in [0.15, 0.2) is 35.6 Å². The molecule has 5 rings (SSSR count). The van der Waals surface area contributed by atoms with Gasteiger partial charge in [0.05, 0.1) is 23.2 Å². The van der Waals surface area contributed by atoms with Crippen LogP contribution in [0.5, 0.6) is 0 Å². The molecule has 1 amide bonds. The van der Waals surface area contributed by atoms with Crippen molar-refractivity contribution in [1.29, 1.82) is 0 Å². The zero-order chi connectivity index (χ0) is 20.3. The number of hydrogen-bond acceptors (Lipinski definition) is 5. The first-order chi connectivity index (χ1) is 14.0. The van der Waals surface area contributed by atoms with Gasteiger partial charge in [0, 0.05) is 4.88 Å². The van der Waals surface area contributed by atoms with Gasteiger partial charge in [0.2, 0.25) is 0 Å². The molecule has 1 fully saturated rings. The number of thiazole rings is 1. The van der Waals surface area contributed by atoms with Gasteiger partial charge in [-0.3, -0.25) is 14.5 Å². The molecule has 0 spiro atoms. The number of hydrogen-bond donors (Lipinski definition) is 0. The lowest BCUT2D eigenvalue weighted by molar-refractivity contribution is -0.131. The maximum atomic E-state index is 14.1. The molecule has 3 unspecified atom stereocenters. The zero-order valence-electron chi connectivity index (χ0n) is 16.3. The third-order valence-electron chi connectivity index (χ3n) is 6.15. The van der Waals surface area contributed by atoms with Crippen molar-refractivity contribution < 1.29 is 18.7 Å². The number of aryl methyl sites for hydroxylation is 2. The molecular weight excluding hydrogens is 391 g/mol. The molecule has 3 atom stereocenters. The van der Waals surface area contributed by atoms with Gasteiger partial charge in [-0.1, -0.05) is 18.6 Å². The number of benzene rings is 1. The Kier molecular flexibility index (Phi) is 4.31. The molecule has 2 aliphatic heterocycles. The largest absolute Gasteiger partial charge is 0.483 e. The van der Waals surface area contributed by atoms with Gasteiger partial charge in [0.1, 0.15) is 11.9 Å². The van der Waals surface area contributed by atoms with Gasteiger partial charge in [-0.05, 0) is 50.8 Å². The minimum atomic E-state index is -0.714. The molecule has 7 heteroatoms. The van der Waals surface area contributed by atoms with Crippen LogP contribution in [0.2, 0.25) is 0 Å². The highest BCUT2D eigenvalue weighted by Crippen LogP contribution is 2.49. The van der Waals surface area contributed by atoms with Crippen molar-refractivity contribution in [3.63, 3.8) is 0 Å². The molecule has 3 aliphatic rings. The fourth-order valence-electron chi connectivity index (χ4n) is 4.59. The number of carbonyl (C=O) groups is 2. The molecule has 1 saturated carbocycles. The third-order valence-corrected chi connectivity index (χ3v) is 7.22. The molecule has 150 valence electrons. The number of halogens is 1. The zero-order valence-corrected chi connectivity index (χ0v) is 17.1. The summed E-state index contributed by atoms with van der Waals surface area (Å²) in [6.45, 7) is 3.83. The van der Waals surface area contributed by atoms with Crippen LogP contribution >= 0.6 is 11.3 Å². The smallest absolute Gasteiger partial charge is 0.296 e. The fraction of sp³-hybridized carbons (Fsp3) is 0.409. The highest BCUT2D eigenvalue weighted by molar-refractivity contribution is 7.15. The Bertz CT molecular complexity index is 1040. The molecule has 0 bridgehead atoms. The van der Waals surface area contributed by atoms with Crippen LogP contribution in [0.1, 0.15) is 47.9 Å². The molecule has 1 aromatic heterocycles. The van der Waals surface area contributed by atoms with E-state index in [0.717, 1.165) is 36.3 Å². The van der Waals surface area contributed by atoms with Gasteiger partial charge in [-0.15, -0.1) is 11.3 Å². The highest BCUT2D eigenvalue weighted by Gasteiger charge is 2.53. The van der Waals surface area contributed by atoms with E-state index in [1.54, 1.807) is 12.1 Å². The monoisotopic (exact) mass is 412 g/mol. The molecule has 5 nitrogen and oxygen atoms in total. The highest BCUT2D eigenvalue weighted by atomic mass is 32.1. The predicted octanol–water partition coefficient (Wildman–Crippen LogP) is 4.40. The molecule has 2 aromatic rings. The van der Waals surface area contributed by atoms with Crippen LogP contribution in [-0.2, 0) is 14.3 Å². The standard InChI is InChI=1S/C22H21FN2O3S/c1-11-12(2)29-22(24-11)25-18(13-6-5-7-14(23)10-13)17-19(26)15-8-3-4-9-16(15)28-20(17)21(25)27/h5-7,10,15-16,18H,3-4,8-9H2,1-2H3. The maximum absolute atomic E-state index is 14.1. The maximum Gasteiger partial charge on any atom is 0.296 e. The van der Waals surface area contributed by atoms with E-state index < -0.39 is 11.9 Å². The number of anilines is 1. The second kappa shape index (κ2) is 6.76. The summed E-state index contributed by atoms with van der Waals surface area (Å²) in [5.74, 6) is -0.911. The fourth-order valence-corrected chi connectivity index (χ4v) is 5.53. The lowest BCUT2D eigenvalue weighted by Gasteiger charge is -2.35. The van der Waals surface area contributed by atoms with E-state index in [-0.39, 0.29) is 29.5 Å². The van der Waals surface area contributed by atoms with Crippen molar-refractivity contribution in [3.8, 4) is 0 Å². The predicted molar refractivity (Wildman–Crippen MR) is 107 cm³/mol.